The molecule has 0 spiro atoms. The molecular weight excluding hydrogens is 360 g/mol. The van der Waals surface area contributed by atoms with Crippen LogP contribution in [0.3, 0.4) is 0 Å². The largest absolute Gasteiger partial charge is 0.364 e. The summed E-state index contributed by atoms with van der Waals surface area (Å²) in [5.74, 6) is 0.999. The highest BCUT2D eigenvalue weighted by Gasteiger charge is 2.41. The molecule has 0 saturated carbocycles. The van der Waals surface area contributed by atoms with Crippen molar-refractivity contribution in [2.45, 2.75) is 84.7 Å². The van der Waals surface area contributed by atoms with Crippen LogP contribution in [0, 0.1) is 17.3 Å². The number of hydrogen-bond donors (Lipinski definition) is 1. The summed E-state index contributed by atoms with van der Waals surface area (Å²) in [6.07, 6.45) is 6.75. The lowest BCUT2D eigenvalue weighted by Gasteiger charge is -2.47. The maximum atomic E-state index is 13.2. The minimum Gasteiger partial charge on any atom is -0.364 e. The fraction of sp³-hybridized carbons (Fsp3) is 0.864. The number of carbonyl (C=O) groups excluding carboxylic acids is 1. The first-order chi connectivity index (χ1) is 12.6. The summed E-state index contributed by atoms with van der Waals surface area (Å²) in [4.78, 5) is 15.3. The Bertz CT molecular complexity index is 530. The number of nitrogens with one attached hydrogen (secondary N) is 1. The van der Waals surface area contributed by atoms with Gasteiger partial charge in [-0.05, 0) is 56.8 Å². The van der Waals surface area contributed by atoms with E-state index in [9.17, 15) is 4.79 Å². The van der Waals surface area contributed by atoms with Crippen LogP contribution in [-0.4, -0.2) is 48.2 Å². The molecule has 1 saturated heterocycles. The molecule has 0 bridgehead atoms. The average molecular weight is 399 g/mol. The summed E-state index contributed by atoms with van der Waals surface area (Å²) in [6.45, 7) is 14.9. The molecule has 27 heavy (non-hydrogen) atoms. The summed E-state index contributed by atoms with van der Waals surface area (Å²) >= 11 is 6.27. The van der Waals surface area contributed by atoms with Gasteiger partial charge in [0.1, 0.15) is 0 Å². The first kappa shape index (κ1) is 22.7. The zero-order valence-corrected chi connectivity index (χ0v) is 18.8. The predicted molar refractivity (Wildman–Crippen MR) is 113 cm³/mol. The topological polar surface area (TPSA) is 41.6 Å². The number of carbonyl (C=O) groups is 1. The average Bonchev–Trinajstić information content (AvgIpc) is 2.58. The van der Waals surface area contributed by atoms with Gasteiger partial charge in [-0.25, -0.2) is 0 Å². The maximum Gasteiger partial charge on any atom is 0.240 e. The van der Waals surface area contributed by atoms with E-state index in [2.05, 4.69) is 44.0 Å². The fourth-order valence-electron chi connectivity index (χ4n) is 4.48. The van der Waals surface area contributed by atoms with Gasteiger partial charge in [0.05, 0.1) is 18.9 Å². The van der Waals surface area contributed by atoms with Crippen molar-refractivity contribution in [2.24, 2.45) is 17.3 Å². The molecule has 0 radical (unpaired) electrons. The maximum absolute atomic E-state index is 13.2. The van der Waals surface area contributed by atoms with Crippen LogP contribution < -0.4 is 5.32 Å². The second-order valence-corrected chi connectivity index (χ2v) is 10.1. The predicted octanol–water partition coefficient (Wildman–Crippen LogP) is 4.58. The zero-order chi connectivity index (χ0) is 20.2. The molecule has 1 aliphatic heterocycles. The van der Waals surface area contributed by atoms with Gasteiger partial charge in [-0.2, -0.15) is 0 Å². The third-order valence-corrected chi connectivity index (χ3v) is 6.42. The van der Waals surface area contributed by atoms with E-state index < -0.39 is 0 Å². The van der Waals surface area contributed by atoms with Crippen LogP contribution in [0.15, 0.2) is 11.6 Å². The number of piperidine rings is 1. The van der Waals surface area contributed by atoms with E-state index in [0.29, 0.717) is 18.0 Å². The van der Waals surface area contributed by atoms with Crippen molar-refractivity contribution in [3.8, 4) is 0 Å². The Morgan fingerprint density at radius 3 is 2.56 bits per heavy atom. The summed E-state index contributed by atoms with van der Waals surface area (Å²) < 4.78 is 5.61. The van der Waals surface area contributed by atoms with Gasteiger partial charge in [0.15, 0.2) is 0 Å². The molecule has 1 amide bonds. The van der Waals surface area contributed by atoms with Gasteiger partial charge in [-0.3, -0.25) is 10.1 Å². The molecule has 1 fully saturated rings. The van der Waals surface area contributed by atoms with E-state index in [4.69, 9.17) is 16.3 Å². The van der Waals surface area contributed by atoms with Crippen molar-refractivity contribution < 1.29 is 9.53 Å². The second kappa shape index (κ2) is 9.76. The highest BCUT2D eigenvalue weighted by Crippen LogP contribution is 2.43. The van der Waals surface area contributed by atoms with Gasteiger partial charge in [0.25, 0.3) is 0 Å². The van der Waals surface area contributed by atoms with Crippen LogP contribution in [0.25, 0.3) is 0 Å². The van der Waals surface area contributed by atoms with Gasteiger partial charge in [-0.1, -0.05) is 39.3 Å². The van der Waals surface area contributed by atoms with E-state index in [1.807, 2.05) is 13.8 Å². The summed E-state index contributed by atoms with van der Waals surface area (Å²) in [5.41, 5.74) is 1.65. The third-order valence-electron chi connectivity index (χ3n) is 6.02. The first-order valence-electron chi connectivity index (χ1n) is 10.6. The van der Waals surface area contributed by atoms with E-state index in [0.717, 1.165) is 38.8 Å². The van der Waals surface area contributed by atoms with Crippen LogP contribution in [0.4, 0.5) is 0 Å². The van der Waals surface area contributed by atoms with E-state index >= 15 is 0 Å². The smallest absolute Gasteiger partial charge is 0.240 e. The van der Waals surface area contributed by atoms with Crippen LogP contribution in [0.1, 0.15) is 67.2 Å². The monoisotopic (exact) mass is 398 g/mol. The number of halogens is 1. The van der Waals surface area contributed by atoms with Crippen molar-refractivity contribution in [1.82, 2.24) is 10.2 Å². The molecule has 4 nitrogen and oxygen atoms in total. The summed E-state index contributed by atoms with van der Waals surface area (Å²) in [5, 5.41) is 3.61. The van der Waals surface area contributed by atoms with Gasteiger partial charge >= 0.3 is 0 Å². The number of hydrogen-bond acceptors (Lipinski definition) is 3. The van der Waals surface area contributed by atoms with Crippen molar-refractivity contribution in [1.29, 1.82) is 0 Å². The fourth-order valence-corrected chi connectivity index (χ4v) is 4.68. The Kier molecular flexibility index (Phi) is 8.20. The van der Waals surface area contributed by atoms with E-state index in [1.165, 1.54) is 0 Å². The van der Waals surface area contributed by atoms with Gasteiger partial charge in [-0.15, -0.1) is 11.6 Å². The number of rotatable bonds is 7. The molecule has 1 aliphatic carbocycles. The standard InChI is InChI=1S/C22H39ClN2O2/c1-15(2)20(24-14-27-16(3)4)21(26)25-12-11-19(22(5,6)13-25)17-7-9-18(23)10-8-17/h7,15-16,18-20,24H,8-14H2,1-6H3/t18?,19-,20-/m1/s1. The lowest BCUT2D eigenvalue weighted by molar-refractivity contribution is -0.139. The van der Waals surface area contributed by atoms with Crippen molar-refractivity contribution in [2.75, 3.05) is 19.8 Å². The highest BCUT2D eigenvalue weighted by molar-refractivity contribution is 6.20. The van der Waals surface area contributed by atoms with Crippen LogP contribution in [0.5, 0.6) is 0 Å². The number of ether oxygens (including phenoxy) is 1. The van der Waals surface area contributed by atoms with Crippen molar-refractivity contribution >= 4 is 17.5 Å². The van der Waals surface area contributed by atoms with Gasteiger partial charge < -0.3 is 9.64 Å². The molecule has 0 aromatic rings. The SMILES string of the molecule is CC(C)OCN[C@@H](C(=O)N1CC[C@H](C2=CCC(Cl)CC2)C(C)(C)C1)C(C)C. The number of nitrogens with zero attached hydrogens (tertiary/aromatic N) is 1. The zero-order valence-electron chi connectivity index (χ0n) is 18.1. The van der Waals surface area contributed by atoms with E-state index in [-0.39, 0.29) is 29.4 Å². The number of allylic oxidation sites excluding steroid dienone is 2. The number of likely N-dealkylation sites (tertiary alicyclic amines) is 1. The van der Waals surface area contributed by atoms with Crippen LogP contribution in [-0.2, 0) is 9.53 Å². The Balaban J connectivity index is 2.00. The Hall–Kier alpha value is -0.580. The minimum atomic E-state index is -0.193. The number of alkyl halides is 1. The molecule has 5 heteroatoms. The molecular formula is C22H39ClN2O2. The summed E-state index contributed by atoms with van der Waals surface area (Å²) in [7, 11) is 0. The van der Waals surface area contributed by atoms with Gasteiger partial charge in [0.2, 0.25) is 5.91 Å². The summed E-state index contributed by atoms with van der Waals surface area (Å²) in [6, 6.07) is -0.193. The molecule has 2 rings (SSSR count). The van der Waals surface area contributed by atoms with E-state index in [1.54, 1.807) is 5.57 Å². The highest BCUT2D eigenvalue weighted by atomic mass is 35.5. The Labute approximate surface area is 171 Å². The number of amides is 1. The minimum absolute atomic E-state index is 0.0921. The molecule has 0 aromatic heterocycles. The molecule has 0 aromatic carbocycles. The quantitative estimate of drug-likeness (QED) is 0.388. The van der Waals surface area contributed by atoms with Crippen molar-refractivity contribution in [3.63, 3.8) is 0 Å². The lowest BCUT2D eigenvalue weighted by atomic mass is 9.68. The molecule has 2 aliphatic rings. The van der Waals surface area contributed by atoms with Crippen LogP contribution in [0.2, 0.25) is 0 Å². The third kappa shape index (κ3) is 6.20. The molecule has 1 unspecified atom stereocenters. The molecule has 1 heterocycles. The Morgan fingerprint density at radius 2 is 2.04 bits per heavy atom. The molecule has 156 valence electrons. The Morgan fingerprint density at radius 1 is 1.33 bits per heavy atom. The molecule has 1 N–H and O–H groups in total. The van der Waals surface area contributed by atoms with Crippen LogP contribution >= 0.6 is 11.6 Å². The lowest BCUT2D eigenvalue weighted by Crippen LogP contribution is -2.56. The normalized spacial score (nSPS) is 27.0. The molecule has 3 atom stereocenters. The van der Waals surface area contributed by atoms with Gasteiger partial charge in [0, 0.05) is 18.5 Å². The van der Waals surface area contributed by atoms with Crippen molar-refractivity contribution in [3.05, 3.63) is 11.6 Å². The first-order valence-corrected chi connectivity index (χ1v) is 11.0. The second-order valence-electron chi connectivity index (χ2n) is 9.53.